The third-order valence-corrected chi connectivity index (χ3v) is 3.10. The van der Waals surface area contributed by atoms with Crippen molar-refractivity contribution in [2.75, 3.05) is 0 Å². The van der Waals surface area contributed by atoms with Crippen LogP contribution in [0.15, 0.2) is 18.2 Å². The minimum Gasteiger partial charge on any atom is -0.499 e. The molecule has 0 bridgehead atoms. The molecule has 0 amide bonds. The molecule has 0 saturated heterocycles. The highest BCUT2D eigenvalue weighted by Crippen LogP contribution is 2.40. The van der Waals surface area contributed by atoms with E-state index in [4.69, 9.17) is 9.47 Å². The molecule has 2 rings (SSSR count). The maximum atomic E-state index is 13.5. The van der Waals surface area contributed by atoms with E-state index in [1.165, 1.54) is 6.07 Å². The van der Waals surface area contributed by atoms with Crippen molar-refractivity contribution < 1.29 is 13.9 Å². The lowest BCUT2D eigenvalue weighted by Crippen LogP contribution is -2.65. The standard InChI is InChI=1S/C8H11B4FO2/c9-7(10)8(11,12)15-6-4(13)2-1-3-5(6)14-7/h1-3H,9-12H2. The molecule has 74 valence electrons. The first-order valence-corrected chi connectivity index (χ1v) is 5.00. The van der Waals surface area contributed by atoms with Gasteiger partial charge in [-0.05, 0) is 12.1 Å². The van der Waals surface area contributed by atoms with Gasteiger partial charge < -0.3 is 9.47 Å². The van der Waals surface area contributed by atoms with Crippen molar-refractivity contribution in [1.82, 2.24) is 0 Å². The summed E-state index contributed by atoms with van der Waals surface area (Å²) in [5.41, 5.74) is 0. The van der Waals surface area contributed by atoms with E-state index in [1.807, 2.05) is 31.4 Å². The van der Waals surface area contributed by atoms with Crippen LogP contribution in [0.2, 0.25) is 0 Å². The fourth-order valence-electron chi connectivity index (χ4n) is 1.44. The summed E-state index contributed by atoms with van der Waals surface area (Å²) >= 11 is 0. The zero-order valence-corrected chi connectivity index (χ0v) is 9.43. The summed E-state index contributed by atoms with van der Waals surface area (Å²) in [7, 11) is 7.65. The molecule has 1 aliphatic heterocycles. The first-order valence-electron chi connectivity index (χ1n) is 5.00. The highest BCUT2D eigenvalue weighted by Gasteiger charge is 2.45. The molecule has 0 aromatic heterocycles. The number of ether oxygens (including phenoxy) is 2. The van der Waals surface area contributed by atoms with E-state index < -0.39 is 10.8 Å². The average Bonchev–Trinajstić information content (AvgIpc) is 2.08. The molecule has 1 aromatic rings. The van der Waals surface area contributed by atoms with Crippen molar-refractivity contribution in [1.29, 1.82) is 0 Å². The third-order valence-electron chi connectivity index (χ3n) is 3.10. The van der Waals surface area contributed by atoms with E-state index in [-0.39, 0.29) is 11.6 Å². The molecule has 1 aliphatic rings. The quantitative estimate of drug-likeness (QED) is 0.430. The highest BCUT2D eigenvalue weighted by molar-refractivity contribution is 6.53. The Bertz CT molecular complexity index is 408. The maximum Gasteiger partial charge on any atom is 0.196 e. The Hall–Kier alpha value is -0.990. The lowest BCUT2D eigenvalue weighted by Gasteiger charge is -2.47. The van der Waals surface area contributed by atoms with E-state index in [0.717, 1.165) is 0 Å². The maximum absolute atomic E-state index is 13.5. The molecule has 7 heteroatoms. The molecule has 0 radical (unpaired) electrons. The molecular weight excluding hydrogens is 190 g/mol. The van der Waals surface area contributed by atoms with Gasteiger partial charge in [0.15, 0.2) is 17.3 Å². The monoisotopic (exact) mass is 202 g/mol. The number of fused-ring (bicyclic) bond motifs is 1. The summed E-state index contributed by atoms with van der Waals surface area (Å²) in [5.74, 6) is 0.303. The minimum atomic E-state index is -0.553. The predicted molar refractivity (Wildman–Crippen MR) is 67.3 cm³/mol. The Balaban J connectivity index is 2.52. The van der Waals surface area contributed by atoms with Gasteiger partial charge >= 0.3 is 0 Å². The second kappa shape index (κ2) is 3.00. The van der Waals surface area contributed by atoms with Gasteiger partial charge in [-0.15, -0.1) is 0 Å². The summed E-state index contributed by atoms with van der Waals surface area (Å²) in [6.07, 6.45) is 0. The molecule has 1 heterocycles. The summed E-state index contributed by atoms with van der Waals surface area (Å²) in [5, 5.41) is -1.03. The first kappa shape index (κ1) is 10.5. The second-order valence-corrected chi connectivity index (χ2v) is 4.79. The van der Waals surface area contributed by atoms with Crippen molar-refractivity contribution >= 4 is 31.4 Å². The molecule has 0 fully saturated rings. The Labute approximate surface area is 92.2 Å². The lowest BCUT2D eigenvalue weighted by molar-refractivity contribution is 0.0573. The number of hydrogen-bond donors (Lipinski definition) is 0. The third kappa shape index (κ3) is 1.54. The molecule has 0 spiro atoms. The largest absolute Gasteiger partial charge is 0.499 e. The number of benzene rings is 1. The van der Waals surface area contributed by atoms with E-state index in [1.54, 1.807) is 12.1 Å². The Morgan fingerprint density at radius 1 is 1.00 bits per heavy atom. The molecule has 1 aromatic carbocycles. The van der Waals surface area contributed by atoms with Crippen LogP contribution in [-0.2, 0) is 0 Å². The summed E-state index contributed by atoms with van der Waals surface area (Å²) < 4.78 is 24.9. The van der Waals surface area contributed by atoms with Crippen molar-refractivity contribution in [3.8, 4) is 11.5 Å². The summed E-state index contributed by atoms with van der Waals surface area (Å²) in [6, 6.07) is 4.71. The zero-order chi connectivity index (χ0) is 11.3. The fourth-order valence-corrected chi connectivity index (χ4v) is 1.44. The molecule has 15 heavy (non-hydrogen) atoms. The second-order valence-electron chi connectivity index (χ2n) is 4.79. The van der Waals surface area contributed by atoms with Gasteiger partial charge in [-0.25, -0.2) is 4.39 Å². The molecular formula is C8H11B4FO2. The van der Waals surface area contributed by atoms with E-state index >= 15 is 0 Å². The molecule has 0 unspecified atom stereocenters. The Morgan fingerprint density at radius 2 is 1.60 bits per heavy atom. The van der Waals surface area contributed by atoms with Gasteiger partial charge in [-0.2, -0.15) is 0 Å². The van der Waals surface area contributed by atoms with Crippen LogP contribution in [-0.4, -0.2) is 42.2 Å². The average molecular weight is 201 g/mol. The van der Waals surface area contributed by atoms with Crippen LogP contribution in [0.3, 0.4) is 0 Å². The van der Waals surface area contributed by atoms with Gasteiger partial charge in [0.1, 0.15) is 31.4 Å². The van der Waals surface area contributed by atoms with Crippen LogP contribution in [0.1, 0.15) is 0 Å². The topological polar surface area (TPSA) is 18.5 Å². The smallest absolute Gasteiger partial charge is 0.196 e. The van der Waals surface area contributed by atoms with Gasteiger partial charge in [-0.3, -0.25) is 0 Å². The van der Waals surface area contributed by atoms with E-state index in [0.29, 0.717) is 5.75 Å². The van der Waals surface area contributed by atoms with Crippen LogP contribution in [0.5, 0.6) is 11.5 Å². The van der Waals surface area contributed by atoms with Crippen LogP contribution in [0.4, 0.5) is 4.39 Å². The number of rotatable bonds is 0. The van der Waals surface area contributed by atoms with Crippen molar-refractivity contribution in [2.24, 2.45) is 0 Å². The van der Waals surface area contributed by atoms with Crippen molar-refractivity contribution in [3.05, 3.63) is 24.0 Å². The molecule has 2 nitrogen and oxygen atoms in total. The normalized spacial score (nSPS) is 20.9. The van der Waals surface area contributed by atoms with E-state index in [9.17, 15) is 4.39 Å². The van der Waals surface area contributed by atoms with Gasteiger partial charge in [0.25, 0.3) is 0 Å². The molecule has 0 aliphatic carbocycles. The van der Waals surface area contributed by atoms with E-state index in [2.05, 4.69) is 0 Å². The van der Waals surface area contributed by atoms with Gasteiger partial charge in [0.2, 0.25) is 0 Å². The van der Waals surface area contributed by atoms with Gasteiger partial charge in [0.05, 0.1) is 10.8 Å². The zero-order valence-electron chi connectivity index (χ0n) is 9.43. The number of para-hydroxylation sites is 1. The first-order chi connectivity index (χ1) is 6.83. The molecule has 0 saturated carbocycles. The summed E-state index contributed by atoms with van der Waals surface area (Å²) in [4.78, 5) is 0. The van der Waals surface area contributed by atoms with Crippen LogP contribution >= 0.6 is 0 Å². The Morgan fingerprint density at radius 3 is 2.27 bits per heavy atom. The predicted octanol–water partition coefficient (Wildman–Crippen LogP) is -2.56. The minimum absolute atomic E-state index is 0.210. The SMILES string of the molecule is BC1(B)Oc2cccc(F)c2OC1(B)B. The van der Waals surface area contributed by atoms with Crippen molar-refractivity contribution in [2.45, 2.75) is 10.8 Å². The Kier molecular flexibility index (Phi) is 2.10. The fraction of sp³-hybridized carbons (Fsp3) is 0.250. The van der Waals surface area contributed by atoms with Gasteiger partial charge in [-0.1, -0.05) is 6.07 Å². The number of hydrogen-bond acceptors (Lipinski definition) is 2. The highest BCUT2D eigenvalue weighted by atomic mass is 19.1. The van der Waals surface area contributed by atoms with Crippen LogP contribution in [0.25, 0.3) is 0 Å². The van der Waals surface area contributed by atoms with Gasteiger partial charge in [0, 0.05) is 0 Å². The van der Waals surface area contributed by atoms with Crippen LogP contribution in [0, 0.1) is 5.82 Å². The van der Waals surface area contributed by atoms with Crippen molar-refractivity contribution in [3.63, 3.8) is 0 Å². The lowest BCUT2D eigenvalue weighted by atomic mass is 9.41. The molecule has 0 atom stereocenters. The number of halogens is 1. The van der Waals surface area contributed by atoms with Crippen LogP contribution < -0.4 is 9.47 Å². The summed E-state index contributed by atoms with van der Waals surface area (Å²) in [6.45, 7) is 0. The molecule has 0 N–H and O–H groups in total.